The number of hydrogen-bond acceptors (Lipinski definition) is 3. The van der Waals surface area contributed by atoms with Crippen LogP contribution in [-0.4, -0.2) is 26.6 Å². The van der Waals surface area contributed by atoms with Crippen molar-refractivity contribution in [3.8, 4) is 5.75 Å². The maximum atomic E-state index is 11.9. The summed E-state index contributed by atoms with van der Waals surface area (Å²) in [6.07, 6.45) is 3.34. The van der Waals surface area contributed by atoms with Crippen LogP contribution in [0.5, 0.6) is 5.75 Å². The largest absolute Gasteiger partial charge is 0.494 e. The number of amides is 1. The molecule has 0 aliphatic carbocycles. The van der Waals surface area contributed by atoms with Crippen molar-refractivity contribution in [2.24, 2.45) is 0 Å². The van der Waals surface area contributed by atoms with E-state index >= 15 is 0 Å². The Kier molecular flexibility index (Phi) is 6.43. The molecule has 0 aliphatic rings. The molecular formula is C20H24N2O2. The minimum atomic E-state index is -0.111. The van der Waals surface area contributed by atoms with E-state index in [1.165, 1.54) is 0 Å². The van der Waals surface area contributed by atoms with Crippen molar-refractivity contribution in [3.63, 3.8) is 0 Å². The number of hydrogen-bond donors (Lipinski definition) is 1. The normalized spacial score (nSPS) is 10.6. The van der Waals surface area contributed by atoms with Crippen LogP contribution in [0.3, 0.4) is 0 Å². The van der Waals surface area contributed by atoms with Gasteiger partial charge in [-0.25, -0.2) is 0 Å². The van der Waals surface area contributed by atoms with Gasteiger partial charge < -0.3 is 15.0 Å². The monoisotopic (exact) mass is 324 g/mol. The fourth-order valence-electron chi connectivity index (χ4n) is 2.17. The quantitative estimate of drug-likeness (QED) is 0.793. The summed E-state index contributed by atoms with van der Waals surface area (Å²) in [6.45, 7) is 3.11. The van der Waals surface area contributed by atoms with Crippen LogP contribution in [0.25, 0.3) is 6.08 Å². The molecule has 4 heteroatoms. The van der Waals surface area contributed by atoms with Crippen molar-refractivity contribution in [1.29, 1.82) is 0 Å². The molecule has 0 radical (unpaired) electrons. The van der Waals surface area contributed by atoms with Crippen LogP contribution in [0.1, 0.15) is 18.1 Å². The molecule has 0 aromatic heterocycles. The Morgan fingerprint density at radius 1 is 1.08 bits per heavy atom. The van der Waals surface area contributed by atoms with Crippen molar-refractivity contribution in [1.82, 2.24) is 5.32 Å². The molecule has 4 nitrogen and oxygen atoms in total. The molecule has 24 heavy (non-hydrogen) atoms. The van der Waals surface area contributed by atoms with Gasteiger partial charge in [0.15, 0.2) is 0 Å². The zero-order valence-electron chi connectivity index (χ0n) is 14.5. The minimum Gasteiger partial charge on any atom is -0.494 e. The molecule has 2 rings (SSSR count). The van der Waals surface area contributed by atoms with Gasteiger partial charge in [0.25, 0.3) is 0 Å². The van der Waals surface area contributed by atoms with Crippen LogP contribution in [0.15, 0.2) is 54.6 Å². The van der Waals surface area contributed by atoms with Crippen molar-refractivity contribution >= 4 is 17.7 Å². The smallest absolute Gasteiger partial charge is 0.244 e. The fourth-order valence-corrected chi connectivity index (χ4v) is 2.17. The number of nitrogens with one attached hydrogen (secondary N) is 1. The third-order valence-electron chi connectivity index (χ3n) is 3.54. The highest BCUT2D eigenvalue weighted by Gasteiger charge is 1.99. The highest BCUT2D eigenvalue weighted by atomic mass is 16.5. The zero-order chi connectivity index (χ0) is 17.4. The molecule has 0 heterocycles. The summed E-state index contributed by atoms with van der Waals surface area (Å²) >= 11 is 0. The minimum absolute atomic E-state index is 0.111. The Morgan fingerprint density at radius 3 is 2.33 bits per heavy atom. The van der Waals surface area contributed by atoms with E-state index in [9.17, 15) is 4.79 Å². The predicted octanol–water partition coefficient (Wildman–Crippen LogP) is 3.48. The van der Waals surface area contributed by atoms with Gasteiger partial charge in [-0.15, -0.1) is 0 Å². The highest BCUT2D eigenvalue weighted by Crippen LogP contribution is 2.13. The van der Waals surface area contributed by atoms with Gasteiger partial charge in [0, 0.05) is 32.4 Å². The molecule has 0 spiro atoms. The molecule has 0 atom stereocenters. The predicted molar refractivity (Wildman–Crippen MR) is 99.3 cm³/mol. The van der Waals surface area contributed by atoms with Crippen molar-refractivity contribution < 1.29 is 9.53 Å². The Bertz CT molecular complexity index is 674. The summed E-state index contributed by atoms with van der Waals surface area (Å²) in [5.41, 5.74) is 3.17. The molecule has 1 N–H and O–H groups in total. The zero-order valence-corrected chi connectivity index (χ0v) is 14.5. The first-order chi connectivity index (χ1) is 11.6. The molecule has 2 aromatic rings. The second kappa shape index (κ2) is 8.77. The number of benzene rings is 2. The van der Waals surface area contributed by atoms with Crippen LogP contribution in [0.4, 0.5) is 5.69 Å². The number of anilines is 1. The van der Waals surface area contributed by atoms with Crippen molar-refractivity contribution in [3.05, 3.63) is 65.7 Å². The van der Waals surface area contributed by atoms with E-state index in [1.54, 1.807) is 12.2 Å². The van der Waals surface area contributed by atoms with Crippen molar-refractivity contribution in [2.45, 2.75) is 13.5 Å². The summed E-state index contributed by atoms with van der Waals surface area (Å²) in [4.78, 5) is 13.9. The maximum absolute atomic E-state index is 11.9. The average molecular weight is 324 g/mol. The molecule has 0 aliphatic heterocycles. The number of carbonyl (C=O) groups is 1. The molecule has 0 fully saturated rings. The maximum Gasteiger partial charge on any atom is 0.244 e. The number of rotatable bonds is 7. The molecule has 2 aromatic carbocycles. The van der Waals surface area contributed by atoms with E-state index in [0.29, 0.717) is 13.2 Å². The average Bonchev–Trinajstić information content (AvgIpc) is 2.60. The lowest BCUT2D eigenvalue weighted by molar-refractivity contribution is -0.116. The Labute approximate surface area is 143 Å². The Hall–Kier alpha value is -2.75. The number of ether oxygens (including phenoxy) is 1. The van der Waals surface area contributed by atoms with Gasteiger partial charge in [0.2, 0.25) is 5.91 Å². The van der Waals surface area contributed by atoms with Crippen LogP contribution in [0.2, 0.25) is 0 Å². The summed E-state index contributed by atoms with van der Waals surface area (Å²) < 4.78 is 5.39. The molecule has 0 bridgehead atoms. The Morgan fingerprint density at radius 2 is 1.75 bits per heavy atom. The van der Waals surface area contributed by atoms with Gasteiger partial charge >= 0.3 is 0 Å². The lowest BCUT2D eigenvalue weighted by atomic mass is 10.2. The van der Waals surface area contributed by atoms with Gasteiger partial charge in [0.1, 0.15) is 5.75 Å². The fraction of sp³-hybridized carbons (Fsp3) is 0.250. The third-order valence-corrected chi connectivity index (χ3v) is 3.54. The molecule has 0 saturated heterocycles. The van der Waals surface area contributed by atoms with Crippen LogP contribution >= 0.6 is 0 Å². The van der Waals surface area contributed by atoms with Crippen LogP contribution in [-0.2, 0) is 11.3 Å². The van der Waals surface area contributed by atoms with Gasteiger partial charge in [-0.1, -0.05) is 24.3 Å². The van der Waals surface area contributed by atoms with E-state index < -0.39 is 0 Å². The number of nitrogens with zero attached hydrogens (tertiary/aromatic N) is 1. The first-order valence-corrected chi connectivity index (χ1v) is 8.03. The first kappa shape index (κ1) is 17.6. The second-order valence-electron chi connectivity index (χ2n) is 5.61. The Balaban J connectivity index is 1.83. The van der Waals surface area contributed by atoms with E-state index in [-0.39, 0.29) is 5.91 Å². The molecule has 126 valence electrons. The molecule has 1 amide bonds. The summed E-state index contributed by atoms with van der Waals surface area (Å²) in [7, 11) is 4.00. The van der Waals surface area contributed by atoms with Gasteiger partial charge in [-0.2, -0.15) is 0 Å². The van der Waals surface area contributed by atoms with E-state index in [0.717, 1.165) is 22.6 Å². The second-order valence-corrected chi connectivity index (χ2v) is 5.61. The van der Waals surface area contributed by atoms with E-state index in [4.69, 9.17) is 4.74 Å². The van der Waals surface area contributed by atoms with Crippen molar-refractivity contribution in [2.75, 3.05) is 25.6 Å². The summed E-state index contributed by atoms with van der Waals surface area (Å²) in [6, 6.07) is 15.8. The SMILES string of the molecule is CCOc1ccc(/C=C/C(=O)NCc2ccc(N(C)C)cc2)cc1. The molecule has 0 saturated carbocycles. The van der Waals surface area contributed by atoms with Gasteiger partial charge in [0.05, 0.1) is 6.61 Å². The van der Waals surface area contributed by atoms with Gasteiger partial charge in [-0.05, 0) is 48.4 Å². The number of carbonyl (C=O) groups excluding carboxylic acids is 1. The van der Waals surface area contributed by atoms with E-state index in [2.05, 4.69) is 5.32 Å². The lowest BCUT2D eigenvalue weighted by Crippen LogP contribution is -2.20. The standard InChI is InChI=1S/C20H24N2O2/c1-4-24-19-12-7-16(8-13-19)9-14-20(23)21-15-17-5-10-18(11-6-17)22(2)3/h5-14H,4,15H2,1-3H3,(H,21,23)/b14-9+. The van der Waals surface area contributed by atoms with Crippen LogP contribution in [0, 0.1) is 0 Å². The summed E-state index contributed by atoms with van der Waals surface area (Å²) in [5, 5.41) is 2.89. The van der Waals surface area contributed by atoms with Crippen LogP contribution < -0.4 is 15.0 Å². The highest BCUT2D eigenvalue weighted by molar-refractivity contribution is 5.91. The van der Waals surface area contributed by atoms with Gasteiger partial charge in [-0.3, -0.25) is 4.79 Å². The molecular weight excluding hydrogens is 300 g/mol. The topological polar surface area (TPSA) is 41.6 Å². The molecule has 0 unspecified atom stereocenters. The summed E-state index contributed by atoms with van der Waals surface area (Å²) in [5.74, 6) is 0.723. The first-order valence-electron chi connectivity index (χ1n) is 8.03. The van der Waals surface area contributed by atoms with E-state index in [1.807, 2.05) is 74.4 Å². The third kappa shape index (κ3) is 5.47. The lowest BCUT2D eigenvalue weighted by Gasteiger charge is -2.12.